The lowest BCUT2D eigenvalue weighted by molar-refractivity contribution is -0.122. The van der Waals surface area contributed by atoms with Crippen molar-refractivity contribution in [1.82, 2.24) is 10.7 Å². The Bertz CT molecular complexity index is 758. The number of amides is 2. The maximum absolute atomic E-state index is 12.1. The molecule has 0 aliphatic rings. The van der Waals surface area contributed by atoms with Gasteiger partial charge in [0, 0.05) is 10.6 Å². The lowest BCUT2D eigenvalue weighted by Crippen LogP contribution is -2.43. The summed E-state index contributed by atoms with van der Waals surface area (Å²) in [7, 11) is 1.55. The Morgan fingerprint density at radius 3 is 2.36 bits per heavy atom. The number of carbonyl (C=O) groups is 2. The van der Waals surface area contributed by atoms with Crippen LogP contribution >= 0.6 is 11.6 Å². The van der Waals surface area contributed by atoms with Crippen molar-refractivity contribution >= 4 is 29.6 Å². The molecule has 0 saturated carbocycles. The summed E-state index contributed by atoms with van der Waals surface area (Å²) in [6.45, 7) is 1.58. The van der Waals surface area contributed by atoms with Gasteiger partial charge in [0.25, 0.3) is 11.8 Å². The second-order valence-corrected chi connectivity index (χ2v) is 5.65. The van der Waals surface area contributed by atoms with Crippen molar-refractivity contribution in [2.45, 2.75) is 13.0 Å². The highest BCUT2D eigenvalue weighted by molar-refractivity contribution is 6.30. The molecule has 6 nitrogen and oxygen atoms in total. The van der Waals surface area contributed by atoms with Crippen molar-refractivity contribution in [2.75, 3.05) is 7.11 Å². The Kier molecular flexibility index (Phi) is 6.54. The van der Waals surface area contributed by atoms with Crippen molar-refractivity contribution < 1.29 is 14.3 Å². The van der Waals surface area contributed by atoms with Crippen molar-refractivity contribution in [1.29, 1.82) is 0 Å². The smallest absolute Gasteiger partial charge is 0.262 e. The average Bonchev–Trinajstić information content (AvgIpc) is 2.63. The fourth-order valence-corrected chi connectivity index (χ4v) is 2.03. The van der Waals surface area contributed by atoms with Crippen molar-refractivity contribution in [3.63, 3.8) is 0 Å². The molecule has 0 saturated heterocycles. The van der Waals surface area contributed by atoms with E-state index in [1.165, 1.54) is 6.21 Å². The first-order valence-corrected chi connectivity index (χ1v) is 7.91. The molecule has 0 aliphatic heterocycles. The average molecular weight is 360 g/mol. The van der Waals surface area contributed by atoms with E-state index < -0.39 is 11.9 Å². The first-order chi connectivity index (χ1) is 12.0. The predicted octanol–water partition coefficient (Wildman–Crippen LogP) is 2.62. The monoisotopic (exact) mass is 359 g/mol. The normalized spacial score (nSPS) is 11.8. The Balaban J connectivity index is 1.86. The zero-order valence-electron chi connectivity index (χ0n) is 13.8. The number of nitrogens with one attached hydrogen (secondary N) is 2. The van der Waals surface area contributed by atoms with Gasteiger partial charge in [0.05, 0.1) is 13.3 Å². The first-order valence-electron chi connectivity index (χ1n) is 7.53. The van der Waals surface area contributed by atoms with Crippen LogP contribution in [0.4, 0.5) is 0 Å². The molecular formula is C18H18ClN3O3. The number of rotatable bonds is 6. The zero-order chi connectivity index (χ0) is 18.2. The molecule has 2 N–H and O–H groups in total. The van der Waals surface area contributed by atoms with E-state index in [1.807, 2.05) is 0 Å². The number of ether oxygens (including phenoxy) is 1. The van der Waals surface area contributed by atoms with E-state index in [0.29, 0.717) is 16.3 Å². The van der Waals surface area contributed by atoms with Gasteiger partial charge in [-0.2, -0.15) is 5.10 Å². The van der Waals surface area contributed by atoms with Crippen LogP contribution < -0.4 is 15.5 Å². The van der Waals surface area contributed by atoms with E-state index in [4.69, 9.17) is 16.3 Å². The summed E-state index contributed by atoms with van der Waals surface area (Å²) in [4.78, 5) is 24.1. The molecule has 2 aromatic rings. The minimum Gasteiger partial charge on any atom is -0.497 e. The number of hydrogen-bond acceptors (Lipinski definition) is 4. The molecule has 25 heavy (non-hydrogen) atoms. The molecular weight excluding hydrogens is 342 g/mol. The van der Waals surface area contributed by atoms with E-state index >= 15 is 0 Å². The maximum Gasteiger partial charge on any atom is 0.262 e. The van der Waals surface area contributed by atoms with E-state index in [9.17, 15) is 9.59 Å². The van der Waals surface area contributed by atoms with Crippen LogP contribution in [0.2, 0.25) is 5.02 Å². The van der Waals surface area contributed by atoms with Gasteiger partial charge in [0.15, 0.2) is 0 Å². The number of hydrogen-bond donors (Lipinski definition) is 2. The number of carbonyl (C=O) groups excluding carboxylic acids is 2. The van der Waals surface area contributed by atoms with E-state index in [1.54, 1.807) is 62.6 Å². The summed E-state index contributed by atoms with van der Waals surface area (Å²) in [6, 6.07) is 12.9. The summed E-state index contributed by atoms with van der Waals surface area (Å²) < 4.78 is 5.04. The van der Waals surface area contributed by atoms with Crippen molar-refractivity contribution in [2.24, 2.45) is 5.10 Å². The molecule has 1 unspecified atom stereocenters. The molecule has 2 rings (SSSR count). The molecule has 2 amide bonds. The number of methoxy groups -OCH3 is 1. The second-order valence-electron chi connectivity index (χ2n) is 5.21. The quantitative estimate of drug-likeness (QED) is 0.614. The van der Waals surface area contributed by atoms with E-state index in [2.05, 4.69) is 15.8 Å². The van der Waals surface area contributed by atoms with Gasteiger partial charge < -0.3 is 10.1 Å². The molecule has 0 fully saturated rings. The highest BCUT2D eigenvalue weighted by atomic mass is 35.5. The highest BCUT2D eigenvalue weighted by Crippen LogP contribution is 2.11. The molecule has 130 valence electrons. The van der Waals surface area contributed by atoms with Gasteiger partial charge in [-0.05, 0) is 48.9 Å². The fraction of sp³-hybridized carbons (Fsp3) is 0.167. The van der Waals surface area contributed by atoms with Crippen LogP contribution in [-0.4, -0.2) is 31.2 Å². The van der Waals surface area contributed by atoms with Crippen LogP contribution in [0.25, 0.3) is 0 Å². The molecule has 0 aromatic heterocycles. The molecule has 7 heteroatoms. The van der Waals surface area contributed by atoms with Crippen LogP contribution in [0, 0.1) is 0 Å². The second kappa shape index (κ2) is 8.84. The molecule has 2 aromatic carbocycles. The van der Waals surface area contributed by atoms with Gasteiger partial charge in [0.1, 0.15) is 11.8 Å². The van der Waals surface area contributed by atoms with E-state index in [0.717, 1.165) is 5.56 Å². The number of halogens is 1. The molecule has 0 spiro atoms. The van der Waals surface area contributed by atoms with Crippen LogP contribution in [0.1, 0.15) is 22.8 Å². The van der Waals surface area contributed by atoms with Crippen LogP contribution in [-0.2, 0) is 4.79 Å². The number of hydrazone groups is 1. The lowest BCUT2D eigenvalue weighted by atomic mass is 10.2. The van der Waals surface area contributed by atoms with Gasteiger partial charge in [-0.1, -0.05) is 23.7 Å². The fourth-order valence-electron chi connectivity index (χ4n) is 1.90. The molecule has 0 radical (unpaired) electrons. The first kappa shape index (κ1) is 18.5. The molecule has 0 aliphatic carbocycles. The summed E-state index contributed by atoms with van der Waals surface area (Å²) in [6.07, 6.45) is 1.49. The topological polar surface area (TPSA) is 79.8 Å². The van der Waals surface area contributed by atoms with E-state index in [-0.39, 0.29) is 5.91 Å². The number of benzene rings is 2. The third kappa shape index (κ3) is 5.61. The third-order valence-corrected chi connectivity index (χ3v) is 3.60. The predicted molar refractivity (Wildman–Crippen MR) is 97.1 cm³/mol. The minimum absolute atomic E-state index is 0.355. The Labute approximate surface area is 150 Å². The van der Waals surface area contributed by atoms with Gasteiger partial charge >= 0.3 is 0 Å². The van der Waals surface area contributed by atoms with Crippen molar-refractivity contribution in [3.05, 3.63) is 64.7 Å². The minimum atomic E-state index is -0.739. The molecule has 1 atom stereocenters. The van der Waals surface area contributed by atoms with Crippen LogP contribution in [0.5, 0.6) is 5.75 Å². The Morgan fingerprint density at radius 1 is 1.12 bits per heavy atom. The Hall–Kier alpha value is -2.86. The third-order valence-electron chi connectivity index (χ3n) is 3.35. The summed E-state index contributed by atoms with van der Waals surface area (Å²) in [5, 5.41) is 7.09. The van der Waals surface area contributed by atoms with Gasteiger partial charge in [0.2, 0.25) is 0 Å². The highest BCUT2D eigenvalue weighted by Gasteiger charge is 2.16. The van der Waals surface area contributed by atoms with Gasteiger partial charge in [-0.25, -0.2) is 5.43 Å². The summed E-state index contributed by atoms with van der Waals surface area (Å²) >= 11 is 5.79. The molecule has 0 heterocycles. The van der Waals surface area contributed by atoms with Gasteiger partial charge in [-0.3, -0.25) is 9.59 Å². The summed E-state index contributed by atoms with van der Waals surface area (Å²) in [5.41, 5.74) is 3.61. The van der Waals surface area contributed by atoms with Crippen molar-refractivity contribution in [3.8, 4) is 5.75 Å². The van der Waals surface area contributed by atoms with Crippen LogP contribution in [0.3, 0.4) is 0 Å². The Morgan fingerprint density at radius 2 is 1.76 bits per heavy atom. The maximum atomic E-state index is 12.1. The largest absolute Gasteiger partial charge is 0.497 e. The van der Waals surface area contributed by atoms with Gasteiger partial charge in [-0.15, -0.1) is 0 Å². The standard InChI is InChI=1S/C18H18ClN3O3/c1-12(21-18(24)14-5-9-16(25-2)10-6-14)17(23)22-20-11-13-3-7-15(19)8-4-13/h3-12H,1-2H3,(H,21,24)(H,22,23). The lowest BCUT2D eigenvalue weighted by Gasteiger charge is -2.12. The summed E-state index contributed by atoms with van der Waals surface area (Å²) in [5.74, 6) is -0.127. The van der Waals surface area contributed by atoms with Crippen LogP contribution in [0.15, 0.2) is 53.6 Å². The zero-order valence-corrected chi connectivity index (χ0v) is 14.6. The SMILES string of the molecule is COc1ccc(C(=O)NC(C)C(=O)NN=Cc2ccc(Cl)cc2)cc1. The molecule has 0 bridgehead atoms. The number of nitrogens with zero attached hydrogens (tertiary/aromatic N) is 1.